The molecule has 1 aliphatic carbocycles. The quantitative estimate of drug-likeness (QED) is 0.435. The lowest BCUT2D eigenvalue weighted by Crippen LogP contribution is -2.52. The Kier molecular flexibility index (Phi) is 4.27. The summed E-state index contributed by atoms with van der Waals surface area (Å²) >= 11 is 1.27. The summed E-state index contributed by atoms with van der Waals surface area (Å²) in [6, 6.07) is 6.50. The van der Waals surface area contributed by atoms with Crippen LogP contribution < -0.4 is 0 Å². The van der Waals surface area contributed by atoms with Gasteiger partial charge in [0.15, 0.2) is 0 Å². The molecule has 4 rings (SSSR count). The summed E-state index contributed by atoms with van der Waals surface area (Å²) in [6.45, 7) is 1.84. The maximum absolute atomic E-state index is 12.1. The van der Waals surface area contributed by atoms with E-state index in [1.807, 2.05) is 6.92 Å². The van der Waals surface area contributed by atoms with Gasteiger partial charge in [-0.15, -0.1) is 11.8 Å². The number of benzene rings is 1. The first-order chi connectivity index (χ1) is 12.5. The smallest absolute Gasteiger partial charge is 0.282 e. The molecule has 0 spiro atoms. The Morgan fingerprint density at radius 3 is 2.65 bits per heavy atom. The zero-order chi connectivity index (χ0) is 18.5. The highest BCUT2D eigenvalue weighted by Gasteiger charge is 2.59. The molecule has 0 amide bonds. The summed E-state index contributed by atoms with van der Waals surface area (Å²) in [6.07, 6.45) is 3.43. The third-order valence-corrected chi connectivity index (χ3v) is 7.53. The standard InChI is InChI=1S/C18H20N2O5S/c1-2-18(20(23)24)10-9-11-13-7-8-14(25-13)16(11)17(18)26-15-6-4-3-5-12(15)19(21)22/h3-6,13-14,17H,2,7-10H2,1H3/t13-,14+,17+,18-/m0/s1. The van der Waals surface area contributed by atoms with E-state index in [1.54, 1.807) is 18.2 Å². The number of ether oxygens (including phenoxy) is 1. The van der Waals surface area contributed by atoms with Crippen molar-refractivity contribution in [1.29, 1.82) is 0 Å². The monoisotopic (exact) mass is 376 g/mol. The first kappa shape index (κ1) is 17.5. The van der Waals surface area contributed by atoms with Crippen LogP contribution in [0.25, 0.3) is 0 Å². The Morgan fingerprint density at radius 2 is 1.96 bits per heavy atom. The van der Waals surface area contributed by atoms with Crippen molar-refractivity contribution in [2.45, 2.75) is 66.9 Å². The van der Waals surface area contributed by atoms with Crippen molar-refractivity contribution >= 4 is 17.4 Å². The molecule has 8 heteroatoms. The summed E-state index contributed by atoms with van der Waals surface area (Å²) in [5.74, 6) is 0. The van der Waals surface area contributed by atoms with E-state index in [0.29, 0.717) is 24.2 Å². The third-order valence-electron chi connectivity index (χ3n) is 6.01. The molecule has 0 unspecified atom stereocenters. The minimum atomic E-state index is -1.11. The summed E-state index contributed by atoms with van der Waals surface area (Å²) in [5.41, 5.74) is 1.14. The largest absolute Gasteiger partial charge is 0.366 e. The lowest BCUT2D eigenvalue weighted by molar-refractivity contribution is -0.570. The summed E-state index contributed by atoms with van der Waals surface area (Å²) in [4.78, 5) is 23.4. The molecular formula is C18H20N2O5S. The highest BCUT2D eigenvalue weighted by molar-refractivity contribution is 8.00. The van der Waals surface area contributed by atoms with Crippen LogP contribution in [0.15, 0.2) is 40.3 Å². The Morgan fingerprint density at radius 1 is 1.23 bits per heavy atom. The fourth-order valence-corrected chi connectivity index (χ4v) is 6.31. The minimum Gasteiger partial charge on any atom is -0.366 e. The molecule has 0 saturated carbocycles. The van der Waals surface area contributed by atoms with Crippen molar-refractivity contribution in [2.24, 2.45) is 0 Å². The molecule has 1 fully saturated rings. The van der Waals surface area contributed by atoms with E-state index in [1.165, 1.54) is 23.4 Å². The highest BCUT2D eigenvalue weighted by atomic mass is 32.2. The number of nitro groups is 2. The molecular weight excluding hydrogens is 356 g/mol. The van der Waals surface area contributed by atoms with Gasteiger partial charge in [-0.05, 0) is 36.5 Å². The molecule has 0 radical (unpaired) electrons. The van der Waals surface area contributed by atoms with E-state index in [2.05, 4.69) is 0 Å². The fraction of sp³-hybridized carbons (Fsp3) is 0.556. The number of thioether (sulfide) groups is 1. The molecule has 1 aromatic carbocycles. The van der Waals surface area contributed by atoms with Crippen LogP contribution in [0.3, 0.4) is 0 Å². The molecule has 3 aliphatic rings. The Labute approximate surface area is 155 Å². The van der Waals surface area contributed by atoms with Crippen LogP contribution >= 0.6 is 11.8 Å². The third kappa shape index (κ3) is 2.46. The van der Waals surface area contributed by atoms with Gasteiger partial charge in [-0.1, -0.05) is 19.1 Å². The topological polar surface area (TPSA) is 95.5 Å². The molecule has 26 heavy (non-hydrogen) atoms. The van der Waals surface area contributed by atoms with Gasteiger partial charge in [-0.25, -0.2) is 0 Å². The van der Waals surface area contributed by atoms with Gasteiger partial charge in [-0.2, -0.15) is 0 Å². The average Bonchev–Trinajstić information content (AvgIpc) is 3.24. The Hall–Kier alpha value is -1.93. The number of rotatable bonds is 5. The van der Waals surface area contributed by atoms with Crippen molar-refractivity contribution in [3.05, 3.63) is 55.6 Å². The van der Waals surface area contributed by atoms with Gasteiger partial charge in [0.05, 0.1) is 22.0 Å². The summed E-state index contributed by atoms with van der Waals surface area (Å²) in [5, 5.41) is 23.1. The predicted molar refractivity (Wildman–Crippen MR) is 96.9 cm³/mol. The molecule has 4 atom stereocenters. The minimum absolute atomic E-state index is 0.00245. The predicted octanol–water partition coefficient (Wildman–Crippen LogP) is 4.13. The van der Waals surface area contributed by atoms with Crippen molar-refractivity contribution in [3.63, 3.8) is 0 Å². The van der Waals surface area contributed by atoms with E-state index in [-0.39, 0.29) is 22.8 Å². The summed E-state index contributed by atoms with van der Waals surface area (Å²) in [7, 11) is 0. The highest BCUT2D eigenvalue weighted by Crippen LogP contribution is 2.55. The van der Waals surface area contributed by atoms with Gasteiger partial charge >= 0.3 is 0 Å². The van der Waals surface area contributed by atoms with E-state index in [0.717, 1.165) is 18.4 Å². The van der Waals surface area contributed by atoms with Crippen molar-refractivity contribution in [2.75, 3.05) is 0 Å². The van der Waals surface area contributed by atoms with E-state index in [9.17, 15) is 20.2 Å². The molecule has 2 aliphatic heterocycles. The van der Waals surface area contributed by atoms with E-state index < -0.39 is 15.7 Å². The van der Waals surface area contributed by atoms with Crippen LogP contribution in [0.2, 0.25) is 0 Å². The van der Waals surface area contributed by atoms with Crippen molar-refractivity contribution in [3.8, 4) is 0 Å². The Balaban J connectivity index is 1.81. The van der Waals surface area contributed by atoms with Crippen LogP contribution in [0, 0.1) is 20.2 Å². The lowest BCUT2D eigenvalue weighted by atomic mass is 9.72. The van der Waals surface area contributed by atoms with Gasteiger partial charge in [0.2, 0.25) is 5.54 Å². The second-order valence-corrected chi connectivity index (χ2v) is 8.26. The first-order valence-corrected chi connectivity index (χ1v) is 9.78. The maximum atomic E-state index is 12.1. The second kappa shape index (κ2) is 6.35. The van der Waals surface area contributed by atoms with E-state index >= 15 is 0 Å². The summed E-state index contributed by atoms with van der Waals surface area (Å²) < 4.78 is 6.04. The number of fused-ring (bicyclic) bond motifs is 4. The molecule has 0 N–H and O–H groups in total. The number of hydrogen-bond donors (Lipinski definition) is 0. The van der Waals surface area contributed by atoms with Crippen LogP contribution in [0.1, 0.15) is 39.0 Å². The molecule has 138 valence electrons. The van der Waals surface area contributed by atoms with Gasteiger partial charge in [0.25, 0.3) is 5.69 Å². The van der Waals surface area contributed by atoms with Gasteiger partial charge in [-0.3, -0.25) is 20.2 Å². The number of hydrogen-bond acceptors (Lipinski definition) is 6. The number of nitro benzene ring substituents is 1. The SMILES string of the molecule is CC[C@]1([N+](=O)[O-])CCC2=C([C@H]1Sc1ccccc1[N+](=O)[O-])[C@H]1CC[C@@H]2O1. The van der Waals surface area contributed by atoms with Crippen molar-refractivity contribution in [1.82, 2.24) is 0 Å². The number of para-hydroxylation sites is 1. The molecule has 2 bridgehead atoms. The van der Waals surface area contributed by atoms with Gasteiger partial charge < -0.3 is 4.74 Å². The molecule has 7 nitrogen and oxygen atoms in total. The lowest BCUT2D eigenvalue weighted by Gasteiger charge is -2.39. The first-order valence-electron chi connectivity index (χ1n) is 8.91. The molecule has 2 heterocycles. The maximum Gasteiger partial charge on any atom is 0.282 e. The van der Waals surface area contributed by atoms with Gasteiger partial charge in [0.1, 0.15) is 5.25 Å². The second-order valence-electron chi connectivity index (χ2n) is 7.11. The van der Waals surface area contributed by atoms with E-state index in [4.69, 9.17) is 4.74 Å². The number of nitrogens with zero attached hydrogens (tertiary/aromatic N) is 2. The van der Waals surface area contributed by atoms with Crippen LogP contribution in [-0.2, 0) is 4.74 Å². The fourth-order valence-electron chi connectivity index (χ4n) is 4.62. The zero-order valence-electron chi connectivity index (χ0n) is 14.4. The molecule has 1 saturated heterocycles. The van der Waals surface area contributed by atoms with Crippen LogP contribution in [0.5, 0.6) is 0 Å². The molecule has 1 aromatic rings. The molecule has 0 aromatic heterocycles. The Bertz CT molecular complexity index is 811. The zero-order valence-corrected chi connectivity index (χ0v) is 15.2. The van der Waals surface area contributed by atoms with Crippen LogP contribution in [-0.4, -0.2) is 32.8 Å². The normalized spacial score (nSPS) is 32.6. The van der Waals surface area contributed by atoms with Gasteiger partial charge in [0, 0.05) is 23.8 Å². The van der Waals surface area contributed by atoms with Crippen molar-refractivity contribution < 1.29 is 14.6 Å². The van der Waals surface area contributed by atoms with Crippen LogP contribution in [0.4, 0.5) is 5.69 Å². The average molecular weight is 376 g/mol.